The van der Waals surface area contributed by atoms with Gasteiger partial charge in [0.05, 0.1) is 5.56 Å². The maximum absolute atomic E-state index is 13.3. The van der Waals surface area contributed by atoms with Gasteiger partial charge in [-0.3, -0.25) is 4.79 Å². The molecule has 0 saturated carbocycles. The fourth-order valence-electron chi connectivity index (χ4n) is 3.10. The molecule has 0 atom stereocenters. The summed E-state index contributed by atoms with van der Waals surface area (Å²) in [6, 6.07) is 11.1. The number of pyridine rings is 1. The third-order valence-corrected chi connectivity index (χ3v) is 5.11. The van der Waals surface area contributed by atoms with Crippen molar-refractivity contribution in [2.24, 2.45) is 0 Å². The van der Waals surface area contributed by atoms with Crippen LogP contribution >= 0.6 is 15.9 Å². The van der Waals surface area contributed by atoms with Crippen LogP contribution in [0, 0.1) is 0 Å². The van der Waals surface area contributed by atoms with Gasteiger partial charge in [-0.05, 0) is 36.4 Å². The quantitative estimate of drug-likeness (QED) is 0.584. The van der Waals surface area contributed by atoms with Crippen LogP contribution in [-0.2, 0) is 0 Å². The Morgan fingerprint density at radius 2 is 1.87 bits per heavy atom. The van der Waals surface area contributed by atoms with Gasteiger partial charge in [0.25, 0.3) is 5.91 Å². The molecule has 0 unspecified atom stereocenters. The Morgan fingerprint density at radius 3 is 2.63 bits per heavy atom. The first-order valence-electron chi connectivity index (χ1n) is 8.65. The SMILES string of the molecule is O=C(Nc1ccc(-c2cc3c(cc2Br)OCO3)cn1)c1cccc2c1OC(F)(F)O2. The molecule has 0 saturated heterocycles. The van der Waals surface area contributed by atoms with E-state index in [-0.39, 0.29) is 29.7 Å². The van der Waals surface area contributed by atoms with Gasteiger partial charge in [-0.1, -0.05) is 22.0 Å². The number of para-hydroxylation sites is 1. The molecule has 2 aliphatic heterocycles. The van der Waals surface area contributed by atoms with Crippen molar-refractivity contribution in [1.29, 1.82) is 0 Å². The number of carbonyl (C=O) groups excluding carboxylic acids is 1. The van der Waals surface area contributed by atoms with Crippen LogP contribution in [0.5, 0.6) is 23.0 Å². The lowest BCUT2D eigenvalue weighted by molar-refractivity contribution is -0.286. The number of hydrogen-bond donors (Lipinski definition) is 1. The molecule has 2 aliphatic rings. The molecule has 2 aromatic carbocycles. The predicted octanol–water partition coefficient (Wildman–Crippen LogP) is 4.81. The number of fused-ring (bicyclic) bond motifs is 2. The molecule has 0 aliphatic carbocycles. The highest BCUT2D eigenvalue weighted by atomic mass is 79.9. The normalized spacial score (nSPS) is 15.2. The third kappa shape index (κ3) is 3.28. The van der Waals surface area contributed by atoms with Crippen LogP contribution < -0.4 is 24.3 Å². The van der Waals surface area contributed by atoms with Crippen molar-refractivity contribution in [3.8, 4) is 34.1 Å². The lowest BCUT2D eigenvalue weighted by Crippen LogP contribution is -2.26. The van der Waals surface area contributed by atoms with E-state index in [9.17, 15) is 13.6 Å². The molecule has 30 heavy (non-hydrogen) atoms. The van der Waals surface area contributed by atoms with Crippen LogP contribution in [0.3, 0.4) is 0 Å². The van der Waals surface area contributed by atoms with Gasteiger partial charge in [-0.15, -0.1) is 8.78 Å². The molecule has 152 valence electrons. The molecule has 7 nitrogen and oxygen atoms in total. The fourth-order valence-corrected chi connectivity index (χ4v) is 3.65. The van der Waals surface area contributed by atoms with Crippen LogP contribution in [0.2, 0.25) is 0 Å². The largest absolute Gasteiger partial charge is 0.586 e. The Morgan fingerprint density at radius 1 is 1.07 bits per heavy atom. The highest BCUT2D eigenvalue weighted by Gasteiger charge is 2.45. The smallest absolute Gasteiger partial charge is 0.454 e. The molecule has 3 aromatic rings. The standard InChI is InChI=1S/C20H11BrF2N2O5/c21-13-7-16-15(27-9-28-16)6-12(13)10-4-5-17(24-8-10)25-19(26)11-2-1-3-14-18(11)30-20(22,23)29-14/h1-8H,9H2,(H,24,25,26). The lowest BCUT2D eigenvalue weighted by atomic mass is 10.1. The number of hydrogen-bond acceptors (Lipinski definition) is 6. The average molecular weight is 477 g/mol. The van der Waals surface area contributed by atoms with E-state index in [1.165, 1.54) is 18.2 Å². The van der Waals surface area contributed by atoms with Crippen molar-refractivity contribution in [3.05, 3.63) is 58.7 Å². The average Bonchev–Trinajstić information content (AvgIpc) is 3.29. The summed E-state index contributed by atoms with van der Waals surface area (Å²) in [4.78, 5) is 16.8. The van der Waals surface area contributed by atoms with Gasteiger partial charge in [0.2, 0.25) is 6.79 Å². The number of anilines is 1. The van der Waals surface area contributed by atoms with Gasteiger partial charge in [-0.2, -0.15) is 0 Å². The number of rotatable bonds is 3. The Hall–Kier alpha value is -3.40. The highest BCUT2D eigenvalue weighted by molar-refractivity contribution is 9.10. The summed E-state index contributed by atoms with van der Waals surface area (Å²) in [6.07, 6.45) is -2.24. The number of aromatic nitrogens is 1. The minimum atomic E-state index is -3.81. The van der Waals surface area contributed by atoms with E-state index in [0.717, 1.165) is 15.6 Å². The van der Waals surface area contributed by atoms with Crippen molar-refractivity contribution in [3.63, 3.8) is 0 Å². The van der Waals surface area contributed by atoms with Gasteiger partial charge in [-0.25, -0.2) is 4.98 Å². The van der Waals surface area contributed by atoms with Crippen LogP contribution in [0.15, 0.2) is 53.1 Å². The summed E-state index contributed by atoms with van der Waals surface area (Å²) < 4.78 is 47.0. The molecule has 1 aromatic heterocycles. The monoisotopic (exact) mass is 476 g/mol. The Kier molecular flexibility index (Phi) is 4.24. The molecule has 0 fully saturated rings. The van der Waals surface area contributed by atoms with Crippen molar-refractivity contribution < 1.29 is 32.5 Å². The number of nitrogens with one attached hydrogen (secondary N) is 1. The molecule has 0 spiro atoms. The van der Waals surface area contributed by atoms with Crippen LogP contribution in [0.25, 0.3) is 11.1 Å². The molecule has 0 radical (unpaired) electrons. The summed E-state index contributed by atoms with van der Waals surface area (Å²) in [6.45, 7) is 0.165. The van der Waals surface area contributed by atoms with E-state index in [4.69, 9.17) is 9.47 Å². The van der Waals surface area contributed by atoms with Gasteiger partial charge in [0, 0.05) is 21.8 Å². The molecule has 1 N–H and O–H groups in total. The predicted molar refractivity (Wildman–Crippen MR) is 104 cm³/mol. The van der Waals surface area contributed by atoms with Crippen molar-refractivity contribution in [1.82, 2.24) is 4.98 Å². The van der Waals surface area contributed by atoms with E-state index in [1.807, 2.05) is 6.07 Å². The zero-order valence-corrected chi connectivity index (χ0v) is 16.5. The topological polar surface area (TPSA) is 78.9 Å². The summed E-state index contributed by atoms with van der Waals surface area (Å²) in [5.41, 5.74) is 1.52. The van der Waals surface area contributed by atoms with Gasteiger partial charge >= 0.3 is 6.29 Å². The number of alkyl halides is 2. The lowest BCUT2D eigenvalue weighted by Gasteiger charge is -2.09. The second kappa shape index (κ2) is 6.84. The maximum atomic E-state index is 13.3. The molecule has 0 bridgehead atoms. The second-order valence-electron chi connectivity index (χ2n) is 6.37. The minimum absolute atomic E-state index is 0.0888. The Balaban J connectivity index is 1.37. The first kappa shape index (κ1) is 18.6. The fraction of sp³-hybridized carbons (Fsp3) is 0.100. The first-order valence-corrected chi connectivity index (χ1v) is 9.45. The minimum Gasteiger partial charge on any atom is -0.454 e. The van der Waals surface area contributed by atoms with E-state index < -0.39 is 12.2 Å². The number of ether oxygens (including phenoxy) is 4. The maximum Gasteiger partial charge on any atom is 0.586 e. The second-order valence-corrected chi connectivity index (χ2v) is 7.23. The van der Waals surface area contributed by atoms with Crippen molar-refractivity contribution in [2.75, 3.05) is 12.1 Å². The molecule has 10 heteroatoms. The highest BCUT2D eigenvalue weighted by Crippen LogP contribution is 2.43. The number of halogens is 3. The van der Waals surface area contributed by atoms with Gasteiger partial charge in [0.1, 0.15) is 5.82 Å². The summed E-state index contributed by atoms with van der Waals surface area (Å²) in [7, 11) is 0. The van der Waals surface area contributed by atoms with Crippen molar-refractivity contribution in [2.45, 2.75) is 6.29 Å². The Labute approximate surface area is 176 Å². The number of nitrogens with zero attached hydrogens (tertiary/aromatic N) is 1. The zero-order valence-electron chi connectivity index (χ0n) is 14.9. The molecule has 1 amide bonds. The van der Waals surface area contributed by atoms with E-state index in [2.05, 4.69) is 35.7 Å². The van der Waals surface area contributed by atoms with Gasteiger partial charge < -0.3 is 24.3 Å². The van der Waals surface area contributed by atoms with Crippen LogP contribution in [-0.4, -0.2) is 24.0 Å². The van der Waals surface area contributed by atoms with E-state index in [0.29, 0.717) is 11.5 Å². The zero-order chi connectivity index (χ0) is 20.9. The summed E-state index contributed by atoms with van der Waals surface area (Å²) in [5, 5.41) is 2.56. The summed E-state index contributed by atoms with van der Waals surface area (Å²) >= 11 is 3.49. The number of amides is 1. The third-order valence-electron chi connectivity index (χ3n) is 4.45. The molecule has 5 rings (SSSR count). The molecular weight excluding hydrogens is 466 g/mol. The van der Waals surface area contributed by atoms with Crippen molar-refractivity contribution >= 4 is 27.7 Å². The Bertz CT molecular complexity index is 1170. The first-order chi connectivity index (χ1) is 14.4. The van der Waals surface area contributed by atoms with Gasteiger partial charge in [0.15, 0.2) is 23.0 Å². The van der Waals surface area contributed by atoms with Crippen LogP contribution in [0.1, 0.15) is 10.4 Å². The molecule has 3 heterocycles. The number of carbonyl (C=O) groups is 1. The summed E-state index contributed by atoms with van der Waals surface area (Å²) in [5.74, 6) is 0.336. The van der Waals surface area contributed by atoms with E-state index >= 15 is 0 Å². The van der Waals surface area contributed by atoms with Crippen LogP contribution in [0.4, 0.5) is 14.6 Å². The number of benzene rings is 2. The molecular formula is C20H11BrF2N2O5. The van der Waals surface area contributed by atoms with E-state index in [1.54, 1.807) is 24.4 Å².